The van der Waals surface area contributed by atoms with Crippen molar-refractivity contribution in [1.82, 2.24) is 34.8 Å². The molecule has 272 valence electrons. The van der Waals surface area contributed by atoms with Crippen LogP contribution in [0.25, 0.3) is 22.2 Å². The highest BCUT2D eigenvalue weighted by Crippen LogP contribution is 2.48. The summed E-state index contributed by atoms with van der Waals surface area (Å²) >= 11 is 1.23. The van der Waals surface area contributed by atoms with Crippen molar-refractivity contribution in [1.29, 1.82) is 0 Å². The minimum absolute atomic E-state index is 0.0243. The average Bonchev–Trinajstić information content (AvgIpc) is 3.67. The Hall–Kier alpha value is -5.09. The molecular weight excluding hydrogens is 735 g/mol. The average molecular weight is 763 g/mol. The number of terminal acetylenes is 1. The van der Waals surface area contributed by atoms with Gasteiger partial charge in [0, 0.05) is 29.6 Å². The van der Waals surface area contributed by atoms with Crippen molar-refractivity contribution in [3.63, 3.8) is 0 Å². The molecule has 0 aliphatic heterocycles. The second-order valence-corrected chi connectivity index (χ2v) is 14.6. The SMILES string of the molecule is C#CC1Cc2c(C(F)F)nn(CC(=O)NC(Cc3cc(F)cc(F)c3)c3ncc(SC)nc3-c3cccc4c(NS(C)(=O)=O)nn(C)c34)c2C1(F)F. The maximum Gasteiger partial charge on any atom is 0.303 e. The molecule has 1 aliphatic rings. The van der Waals surface area contributed by atoms with E-state index < -0.39 is 81.8 Å². The van der Waals surface area contributed by atoms with Crippen LogP contribution in [0.2, 0.25) is 0 Å². The number of para-hydroxylation sites is 1. The van der Waals surface area contributed by atoms with Crippen LogP contribution in [0.1, 0.15) is 40.7 Å². The number of carbonyl (C=O) groups is 1. The summed E-state index contributed by atoms with van der Waals surface area (Å²) in [6.07, 6.45) is 5.29. The van der Waals surface area contributed by atoms with E-state index in [0.29, 0.717) is 32.2 Å². The van der Waals surface area contributed by atoms with E-state index in [1.54, 1.807) is 31.5 Å². The lowest BCUT2D eigenvalue weighted by Crippen LogP contribution is -2.35. The van der Waals surface area contributed by atoms with Gasteiger partial charge in [-0.25, -0.2) is 31.0 Å². The summed E-state index contributed by atoms with van der Waals surface area (Å²) < 4.78 is 116. The smallest absolute Gasteiger partial charge is 0.303 e. The minimum atomic E-state index is -3.76. The number of alkyl halides is 4. The lowest BCUT2D eigenvalue weighted by molar-refractivity contribution is -0.123. The van der Waals surface area contributed by atoms with Crippen LogP contribution in [0, 0.1) is 29.9 Å². The number of thioether (sulfide) groups is 1. The van der Waals surface area contributed by atoms with Gasteiger partial charge in [-0.3, -0.25) is 23.9 Å². The summed E-state index contributed by atoms with van der Waals surface area (Å²) in [5, 5.41) is 11.4. The summed E-state index contributed by atoms with van der Waals surface area (Å²) in [5.41, 5.74) is -1.15. The molecule has 1 aliphatic carbocycles. The predicted octanol–water partition coefficient (Wildman–Crippen LogP) is 5.53. The van der Waals surface area contributed by atoms with Gasteiger partial charge in [0.2, 0.25) is 15.9 Å². The number of halogens is 6. The second-order valence-electron chi connectivity index (χ2n) is 12.0. The number of fused-ring (bicyclic) bond motifs is 2. The van der Waals surface area contributed by atoms with E-state index in [1.807, 2.05) is 5.92 Å². The molecule has 5 aromatic rings. The molecule has 11 nitrogen and oxygen atoms in total. The highest BCUT2D eigenvalue weighted by molar-refractivity contribution is 7.98. The van der Waals surface area contributed by atoms with Gasteiger partial charge in [0.1, 0.15) is 34.6 Å². The van der Waals surface area contributed by atoms with Gasteiger partial charge in [0.05, 0.1) is 41.3 Å². The normalized spacial score (nSPS) is 15.8. The molecule has 0 saturated heterocycles. The molecule has 3 aromatic heterocycles. The number of nitrogens with one attached hydrogen (secondary N) is 2. The van der Waals surface area contributed by atoms with Crippen LogP contribution in [0.5, 0.6) is 0 Å². The van der Waals surface area contributed by atoms with E-state index in [1.165, 1.54) is 22.6 Å². The first-order valence-electron chi connectivity index (χ1n) is 15.3. The molecule has 0 bridgehead atoms. The van der Waals surface area contributed by atoms with Crippen molar-refractivity contribution in [3.8, 4) is 23.6 Å². The second kappa shape index (κ2) is 13.8. The number of anilines is 1. The lowest BCUT2D eigenvalue weighted by Gasteiger charge is -2.22. The van der Waals surface area contributed by atoms with Crippen molar-refractivity contribution in [2.45, 2.75) is 42.8 Å². The Balaban J connectivity index is 1.47. The number of hydrogen-bond acceptors (Lipinski definition) is 8. The molecule has 0 spiro atoms. The lowest BCUT2D eigenvalue weighted by atomic mass is 9.97. The molecule has 6 rings (SSSR count). The molecule has 2 aromatic carbocycles. The van der Waals surface area contributed by atoms with E-state index in [-0.39, 0.29) is 29.2 Å². The Morgan fingerprint density at radius 2 is 1.87 bits per heavy atom. The molecule has 2 unspecified atom stereocenters. The zero-order valence-electron chi connectivity index (χ0n) is 27.5. The Labute approximate surface area is 297 Å². The molecule has 19 heteroatoms. The Morgan fingerprint density at radius 1 is 1.15 bits per heavy atom. The van der Waals surface area contributed by atoms with Gasteiger partial charge in [0.25, 0.3) is 6.43 Å². The monoisotopic (exact) mass is 762 g/mol. The number of benzene rings is 2. The van der Waals surface area contributed by atoms with Gasteiger partial charge < -0.3 is 5.32 Å². The number of carbonyl (C=O) groups excluding carboxylic acids is 1. The minimum Gasteiger partial charge on any atom is -0.346 e. The molecule has 2 N–H and O–H groups in total. The maximum atomic E-state index is 15.3. The van der Waals surface area contributed by atoms with Gasteiger partial charge in [-0.15, -0.1) is 18.2 Å². The highest BCUT2D eigenvalue weighted by Gasteiger charge is 2.53. The summed E-state index contributed by atoms with van der Waals surface area (Å²) in [4.78, 5) is 23.0. The number of hydrogen-bond donors (Lipinski definition) is 2. The summed E-state index contributed by atoms with van der Waals surface area (Å²) in [6.45, 7) is -0.945. The molecule has 0 radical (unpaired) electrons. The van der Waals surface area contributed by atoms with Crippen LogP contribution in [0.3, 0.4) is 0 Å². The van der Waals surface area contributed by atoms with Crippen LogP contribution in [-0.2, 0) is 47.2 Å². The van der Waals surface area contributed by atoms with Gasteiger partial charge in [-0.05, 0) is 42.9 Å². The van der Waals surface area contributed by atoms with Gasteiger partial charge in [-0.2, -0.15) is 19.0 Å². The number of rotatable bonds is 11. The van der Waals surface area contributed by atoms with Gasteiger partial charge in [0.15, 0.2) is 5.82 Å². The van der Waals surface area contributed by atoms with Crippen LogP contribution < -0.4 is 10.0 Å². The molecular formula is C33H28F6N8O3S2. The van der Waals surface area contributed by atoms with Crippen LogP contribution in [-0.4, -0.2) is 56.4 Å². The van der Waals surface area contributed by atoms with Crippen molar-refractivity contribution in [2.75, 3.05) is 17.2 Å². The first-order valence-corrected chi connectivity index (χ1v) is 18.4. The maximum absolute atomic E-state index is 15.3. The van der Waals surface area contributed by atoms with Crippen LogP contribution in [0.4, 0.5) is 32.2 Å². The quantitative estimate of drug-likeness (QED) is 0.102. The number of sulfonamides is 1. The summed E-state index contributed by atoms with van der Waals surface area (Å²) in [6, 6.07) is 6.36. The molecule has 2 atom stereocenters. The largest absolute Gasteiger partial charge is 0.346 e. The molecule has 3 heterocycles. The number of aromatic nitrogens is 6. The number of amides is 1. The predicted molar refractivity (Wildman–Crippen MR) is 180 cm³/mol. The highest BCUT2D eigenvalue weighted by atomic mass is 32.2. The van der Waals surface area contributed by atoms with Crippen LogP contribution in [0.15, 0.2) is 47.6 Å². The van der Waals surface area contributed by atoms with E-state index in [0.717, 1.165) is 18.4 Å². The first-order chi connectivity index (χ1) is 24.5. The standard InChI is InChI=1S/C33H28F6N8O3S2/c1-5-17-12-22-27(31(36)37)43-47(30(22)33(17,38)39)15-24(48)41-23(11-16-9-18(34)13-19(35)10-16)28-26(42-25(51-3)14-40-28)20-7-6-8-21-29(20)46(2)44-32(21)45-52(4,49)50/h1,6-10,13-14,17,23,31H,11-12,15H2,2-4H3,(H,41,48)(H,44,45). The van der Waals surface area contributed by atoms with Crippen LogP contribution >= 0.6 is 11.8 Å². The van der Waals surface area contributed by atoms with Crippen molar-refractivity contribution in [3.05, 3.63) is 82.4 Å². The van der Waals surface area contributed by atoms with E-state index in [2.05, 4.69) is 25.2 Å². The first kappa shape index (κ1) is 36.7. The topological polar surface area (TPSA) is 137 Å². The van der Waals surface area contributed by atoms with Crippen molar-refractivity contribution >= 4 is 44.4 Å². The van der Waals surface area contributed by atoms with Crippen molar-refractivity contribution < 1.29 is 39.6 Å². The fourth-order valence-corrected chi connectivity index (χ4v) is 7.15. The van der Waals surface area contributed by atoms with Crippen molar-refractivity contribution in [2.24, 2.45) is 13.0 Å². The Kier molecular flexibility index (Phi) is 9.74. The molecule has 0 fully saturated rings. The van der Waals surface area contributed by atoms with E-state index in [4.69, 9.17) is 11.4 Å². The summed E-state index contributed by atoms with van der Waals surface area (Å²) in [5.74, 6) is -6.33. The number of nitrogens with zero attached hydrogens (tertiary/aromatic N) is 6. The molecule has 1 amide bonds. The molecule has 0 saturated carbocycles. The Morgan fingerprint density at radius 3 is 2.50 bits per heavy atom. The Bertz CT molecular complexity index is 2350. The van der Waals surface area contributed by atoms with Gasteiger partial charge in [-0.1, -0.05) is 18.1 Å². The molecule has 52 heavy (non-hydrogen) atoms. The van der Waals surface area contributed by atoms with E-state index in [9.17, 15) is 30.8 Å². The third kappa shape index (κ3) is 7.04. The van der Waals surface area contributed by atoms with E-state index >= 15 is 8.78 Å². The fraction of sp³-hybridized carbons (Fsp3) is 0.303. The third-order valence-corrected chi connectivity index (χ3v) is 9.54. The third-order valence-electron chi connectivity index (χ3n) is 8.36. The zero-order chi connectivity index (χ0) is 37.7. The number of aryl methyl sites for hydroxylation is 1. The fourth-order valence-electron chi connectivity index (χ4n) is 6.31. The van der Waals surface area contributed by atoms with Gasteiger partial charge >= 0.3 is 5.92 Å². The summed E-state index contributed by atoms with van der Waals surface area (Å²) in [7, 11) is -2.17. The zero-order valence-corrected chi connectivity index (χ0v) is 29.1.